The van der Waals surface area contributed by atoms with Gasteiger partial charge in [-0.15, -0.1) is 0 Å². The molecule has 0 saturated heterocycles. The average Bonchev–Trinajstić information content (AvgIpc) is 2.98. The number of rotatable bonds is 5. The van der Waals surface area contributed by atoms with Crippen LogP contribution in [0.1, 0.15) is 0 Å². The molecule has 0 aliphatic carbocycles. The highest BCUT2D eigenvalue weighted by Gasteiger charge is 2.13. The number of nitrogens with zero attached hydrogens (tertiary/aromatic N) is 4. The van der Waals surface area contributed by atoms with Gasteiger partial charge in [0.2, 0.25) is 0 Å². The first-order valence-electron chi connectivity index (χ1n) is 11.9. The Morgan fingerprint density at radius 3 is 1.59 bits per heavy atom. The maximum atomic E-state index is 6.76. The van der Waals surface area contributed by atoms with Crippen LogP contribution in [0.5, 0.6) is 0 Å². The van der Waals surface area contributed by atoms with E-state index in [0.29, 0.717) is 22.5 Å². The Bertz CT molecular complexity index is 1610. The fourth-order valence-corrected chi connectivity index (χ4v) is 4.52. The predicted octanol–water partition coefficient (Wildman–Crippen LogP) is 8.26. The third kappa shape index (κ3) is 4.88. The Morgan fingerprint density at radius 2 is 1.00 bits per heavy atom. The summed E-state index contributed by atoms with van der Waals surface area (Å²) in [5.74, 6) is 1.88. The van der Waals surface area contributed by atoms with Crippen LogP contribution in [0.3, 0.4) is 0 Å². The zero-order valence-corrected chi connectivity index (χ0v) is 20.5. The number of aromatic nitrogens is 4. The molecule has 0 saturated carbocycles. The van der Waals surface area contributed by atoms with E-state index in [9.17, 15) is 0 Å². The van der Waals surface area contributed by atoms with Crippen molar-refractivity contribution in [2.45, 2.75) is 0 Å². The fraction of sp³-hybridized carbons (Fsp3) is 0. The van der Waals surface area contributed by atoms with Crippen LogP contribution in [0.25, 0.3) is 56.4 Å². The van der Waals surface area contributed by atoms with E-state index in [1.807, 2.05) is 109 Å². The van der Waals surface area contributed by atoms with E-state index in [-0.39, 0.29) is 0 Å². The number of halogens is 1. The van der Waals surface area contributed by atoms with Gasteiger partial charge in [-0.3, -0.25) is 4.98 Å². The van der Waals surface area contributed by atoms with Gasteiger partial charge in [-0.25, -0.2) is 15.0 Å². The lowest BCUT2D eigenvalue weighted by molar-refractivity contribution is 1.07. The molecule has 0 spiro atoms. The zero-order valence-electron chi connectivity index (χ0n) is 19.8. The number of benzene rings is 4. The molecule has 0 aliphatic rings. The summed E-state index contributed by atoms with van der Waals surface area (Å²) in [6.45, 7) is 0. The number of hydrogen-bond acceptors (Lipinski definition) is 4. The van der Waals surface area contributed by atoms with Gasteiger partial charge in [-0.2, -0.15) is 0 Å². The molecule has 6 aromatic rings. The molecule has 2 aromatic heterocycles. The van der Waals surface area contributed by atoms with Crippen LogP contribution in [-0.2, 0) is 0 Å². The highest BCUT2D eigenvalue weighted by Crippen LogP contribution is 2.34. The Hall–Kier alpha value is -4.67. The lowest BCUT2D eigenvalue weighted by Crippen LogP contribution is -2.00. The zero-order chi connectivity index (χ0) is 25.0. The minimum Gasteiger partial charge on any atom is -0.264 e. The van der Waals surface area contributed by atoms with Crippen molar-refractivity contribution >= 4 is 11.6 Å². The first kappa shape index (κ1) is 22.8. The third-order valence-electron chi connectivity index (χ3n) is 6.10. The summed E-state index contributed by atoms with van der Waals surface area (Å²) in [5, 5.41) is 0.670. The first-order chi connectivity index (χ1) is 18.2. The standard InChI is InChI=1S/C32H21ClN4/c33-29-20-24(27-15-8-18-34-21-27)16-17-28(29)25-13-7-14-26(19-25)32-36-30(22-9-3-1-4-10-22)35-31(37-32)23-11-5-2-6-12-23/h1-21H. The Labute approximate surface area is 220 Å². The molecule has 4 aromatic carbocycles. The van der Waals surface area contributed by atoms with E-state index in [1.165, 1.54) is 0 Å². The molecule has 0 atom stereocenters. The molecular weight excluding hydrogens is 476 g/mol. The lowest BCUT2D eigenvalue weighted by atomic mass is 9.99. The molecular formula is C32H21ClN4. The normalized spacial score (nSPS) is 10.8. The molecule has 4 nitrogen and oxygen atoms in total. The topological polar surface area (TPSA) is 51.6 Å². The van der Waals surface area contributed by atoms with Crippen LogP contribution >= 0.6 is 11.6 Å². The van der Waals surface area contributed by atoms with Gasteiger partial charge in [0.25, 0.3) is 0 Å². The summed E-state index contributed by atoms with van der Waals surface area (Å²) >= 11 is 6.76. The van der Waals surface area contributed by atoms with E-state index in [0.717, 1.165) is 38.9 Å². The van der Waals surface area contributed by atoms with Crippen molar-refractivity contribution in [3.8, 4) is 56.4 Å². The summed E-state index contributed by atoms with van der Waals surface area (Å²) in [4.78, 5) is 18.7. The third-order valence-corrected chi connectivity index (χ3v) is 6.41. The molecule has 0 unspecified atom stereocenters. The summed E-state index contributed by atoms with van der Waals surface area (Å²) < 4.78 is 0. The van der Waals surface area contributed by atoms with Gasteiger partial charge >= 0.3 is 0 Å². The molecule has 176 valence electrons. The minimum atomic E-state index is 0.609. The molecule has 0 fully saturated rings. The van der Waals surface area contributed by atoms with Gasteiger partial charge in [0.05, 0.1) is 0 Å². The molecule has 6 rings (SSSR count). The lowest BCUT2D eigenvalue weighted by Gasteiger charge is -2.11. The fourth-order valence-electron chi connectivity index (χ4n) is 4.23. The van der Waals surface area contributed by atoms with Gasteiger partial charge < -0.3 is 0 Å². The quantitative estimate of drug-likeness (QED) is 0.241. The maximum Gasteiger partial charge on any atom is 0.164 e. The van der Waals surface area contributed by atoms with E-state index >= 15 is 0 Å². The molecule has 0 N–H and O–H groups in total. The van der Waals surface area contributed by atoms with Gasteiger partial charge in [0, 0.05) is 45.2 Å². The molecule has 2 heterocycles. The van der Waals surface area contributed by atoms with Crippen molar-refractivity contribution < 1.29 is 0 Å². The van der Waals surface area contributed by atoms with Crippen LogP contribution in [0.4, 0.5) is 0 Å². The van der Waals surface area contributed by atoms with Gasteiger partial charge in [-0.1, -0.05) is 109 Å². The molecule has 37 heavy (non-hydrogen) atoms. The largest absolute Gasteiger partial charge is 0.264 e. The molecule has 5 heteroatoms. The minimum absolute atomic E-state index is 0.609. The van der Waals surface area contributed by atoms with Crippen molar-refractivity contribution in [3.05, 3.63) is 133 Å². The average molecular weight is 497 g/mol. The molecule has 0 aliphatic heterocycles. The Kier molecular flexibility index (Phi) is 6.24. The highest BCUT2D eigenvalue weighted by atomic mass is 35.5. The Morgan fingerprint density at radius 1 is 0.432 bits per heavy atom. The van der Waals surface area contributed by atoms with E-state index in [2.05, 4.69) is 17.1 Å². The summed E-state index contributed by atoms with van der Waals surface area (Å²) in [6, 6.07) is 38.1. The van der Waals surface area contributed by atoms with Crippen molar-refractivity contribution in [3.63, 3.8) is 0 Å². The first-order valence-corrected chi connectivity index (χ1v) is 12.3. The molecule has 0 radical (unpaired) electrons. The van der Waals surface area contributed by atoms with Crippen molar-refractivity contribution in [1.29, 1.82) is 0 Å². The molecule has 0 bridgehead atoms. The van der Waals surface area contributed by atoms with Gasteiger partial charge in [-0.05, 0) is 29.3 Å². The van der Waals surface area contributed by atoms with E-state index in [4.69, 9.17) is 26.6 Å². The maximum absolute atomic E-state index is 6.76. The van der Waals surface area contributed by atoms with Crippen molar-refractivity contribution in [2.24, 2.45) is 0 Å². The number of hydrogen-bond donors (Lipinski definition) is 0. The van der Waals surface area contributed by atoms with E-state index < -0.39 is 0 Å². The second-order valence-electron chi connectivity index (χ2n) is 8.56. The van der Waals surface area contributed by atoms with Crippen LogP contribution in [0.15, 0.2) is 128 Å². The predicted molar refractivity (Wildman–Crippen MR) is 150 cm³/mol. The summed E-state index contributed by atoms with van der Waals surface area (Å²) in [7, 11) is 0. The van der Waals surface area contributed by atoms with Gasteiger partial charge in [0.15, 0.2) is 17.5 Å². The van der Waals surface area contributed by atoms with Crippen molar-refractivity contribution in [2.75, 3.05) is 0 Å². The monoisotopic (exact) mass is 496 g/mol. The van der Waals surface area contributed by atoms with Crippen LogP contribution in [-0.4, -0.2) is 19.9 Å². The summed E-state index contributed by atoms with van der Waals surface area (Å²) in [5.41, 5.74) is 6.75. The van der Waals surface area contributed by atoms with Crippen molar-refractivity contribution in [1.82, 2.24) is 19.9 Å². The van der Waals surface area contributed by atoms with E-state index in [1.54, 1.807) is 6.20 Å². The van der Waals surface area contributed by atoms with Gasteiger partial charge in [0.1, 0.15) is 0 Å². The Balaban J connectivity index is 1.43. The highest BCUT2D eigenvalue weighted by molar-refractivity contribution is 6.33. The van der Waals surface area contributed by atoms with Crippen LogP contribution in [0.2, 0.25) is 5.02 Å². The smallest absolute Gasteiger partial charge is 0.164 e. The SMILES string of the molecule is Clc1cc(-c2cccnc2)ccc1-c1cccc(-c2nc(-c3ccccc3)nc(-c3ccccc3)n2)c1. The van der Waals surface area contributed by atoms with Crippen LogP contribution in [0, 0.1) is 0 Å². The second kappa shape index (κ2) is 10.1. The van der Waals surface area contributed by atoms with Crippen LogP contribution < -0.4 is 0 Å². The number of pyridine rings is 1. The second-order valence-corrected chi connectivity index (χ2v) is 8.96. The summed E-state index contributed by atoms with van der Waals surface area (Å²) in [6.07, 6.45) is 3.60. The molecule has 0 amide bonds.